The van der Waals surface area contributed by atoms with Gasteiger partial charge >= 0.3 is 6.18 Å². The molecule has 0 amide bonds. The van der Waals surface area contributed by atoms with Gasteiger partial charge in [-0.2, -0.15) is 13.2 Å². The maximum atomic E-state index is 13.2. The van der Waals surface area contributed by atoms with Gasteiger partial charge in [0.15, 0.2) is 17.2 Å². The number of fused-ring (bicyclic) bond motifs is 1. The minimum absolute atomic E-state index is 0.0900. The summed E-state index contributed by atoms with van der Waals surface area (Å²) in [6, 6.07) is 1.80. The Morgan fingerprint density at radius 1 is 1.17 bits per heavy atom. The van der Waals surface area contributed by atoms with Crippen LogP contribution < -0.4 is 10.6 Å². The molecule has 0 aliphatic carbocycles. The third-order valence-corrected chi connectivity index (χ3v) is 6.71. The standard InChI is InChI=1S/C23H26F3N9/c24-23(25,26)19-14-35-18(9-31-21(35)10-30-19)22-29-3-2-20(32-22)34-12-15(11-33-4-1-5-33)6-16(13-34)17(7-27)8-28/h2-3,7-10,14-16,27H,1,4-6,11-13,28H2/b17-8+,27-7?. The molecule has 12 heteroatoms. The molecule has 5 rings (SSSR count). The van der Waals surface area contributed by atoms with Crippen molar-refractivity contribution in [3.63, 3.8) is 0 Å². The normalized spacial score (nSPS) is 21.8. The van der Waals surface area contributed by atoms with Gasteiger partial charge in [0, 0.05) is 44.2 Å². The molecular formula is C23H26F3N9. The topological polar surface area (TPSA) is 112 Å². The number of anilines is 1. The molecule has 9 nitrogen and oxygen atoms in total. The Hall–Kier alpha value is -3.54. The van der Waals surface area contributed by atoms with Gasteiger partial charge in [-0.25, -0.2) is 19.9 Å². The first-order valence-electron chi connectivity index (χ1n) is 11.5. The number of nitrogens with one attached hydrogen (secondary N) is 1. The van der Waals surface area contributed by atoms with E-state index in [9.17, 15) is 13.2 Å². The molecule has 3 N–H and O–H groups in total. The number of halogens is 3. The Morgan fingerprint density at radius 3 is 2.69 bits per heavy atom. The van der Waals surface area contributed by atoms with E-state index < -0.39 is 11.9 Å². The van der Waals surface area contributed by atoms with Gasteiger partial charge in [0.25, 0.3) is 0 Å². The third kappa shape index (κ3) is 4.70. The van der Waals surface area contributed by atoms with Crippen molar-refractivity contribution in [3.8, 4) is 11.5 Å². The number of hydrogen-bond donors (Lipinski definition) is 2. The maximum absolute atomic E-state index is 13.2. The van der Waals surface area contributed by atoms with Gasteiger partial charge < -0.3 is 20.9 Å². The average Bonchev–Trinajstić information content (AvgIpc) is 3.25. The second-order valence-corrected chi connectivity index (χ2v) is 9.05. The Balaban J connectivity index is 1.46. The lowest BCUT2D eigenvalue weighted by molar-refractivity contribution is -0.141. The number of nitrogens with zero attached hydrogens (tertiary/aromatic N) is 7. The van der Waals surface area contributed by atoms with E-state index in [1.54, 1.807) is 12.3 Å². The predicted octanol–water partition coefficient (Wildman–Crippen LogP) is 2.85. The molecule has 0 spiro atoms. The van der Waals surface area contributed by atoms with Crippen LogP contribution in [-0.2, 0) is 6.18 Å². The number of piperidine rings is 1. The fourth-order valence-electron chi connectivity index (χ4n) is 4.85. The molecule has 2 unspecified atom stereocenters. The zero-order valence-corrected chi connectivity index (χ0v) is 19.0. The number of imidazole rings is 1. The number of nitrogens with two attached hydrogens (primary N) is 1. The van der Waals surface area contributed by atoms with Crippen LogP contribution in [0.25, 0.3) is 17.2 Å². The van der Waals surface area contributed by atoms with Gasteiger partial charge in [-0.1, -0.05) is 0 Å². The second kappa shape index (κ2) is 9.25. The van der Waals surface area contributed by atoms with Gasteiger partial charge in [-0.05, 0) is 49.7 Å². The molecule has 5 heterocycles. The van der Waals surface area contributed by atoms with E-state index in [1.807, 2.05) is 0 Å². The Kier molecular flexibility index (Phi) is 6.13. The number of hydrogen-bond acceptors (Lipinski definition) is 8. The van der Waals surface area contributed by atoms with Crippen LogP contribution in [0.15, 0.2) is 42.6 Å². The fraction of sp³-hybridized carbons (Fsp3) is 0.435. The smallest absolute Gasteiger partial charge is 0.404 e. The van der Waals surface area contributed by atoms with Crippen LogP contribution in [0.5, 0.6) is 0 Å². The minimum Gasteiger partial charge on any atom is -0.404 e. The van der Waals surface area contributed by atoms with Gasteiger partial charge in [-0.15, -0.1) is 0 Å². The van der Waals surface area contributed by atoms with Gasteiger partial charge in [-0.3, -0.25) is 4.40 Å². The summed E-state index contributed by atoms with van der Waals surface area (Å²) in [5.41, 5.74) is 6.20. The largest absolute Gasteiger partial charge is 0.434 e. The lowest BCUT2D eigenvalue weighted by Crippen LogP contribution is -2.48. The lowest BCUT2D eigenvalue weighted by Gasteiger charge is -2.42. The van der Waals surface area contributed by atoms with Crippen molar-refractivity contribution < 1.29 is 13.2 Å². The van der Waals surface area contributed by atoms with Crippen molar-refractivity contribution in [2.45, 2.75) is 19.0 Å². The van der Waals surface area contributed by atoms with Crippen LogP contribution in [0, 0.1) is 17.2 Å². The van der Waals surface area contributed by atoms with E-state index in [2.05, 4.69) is 24.8 Å². The zero-order chi connectivity index (χ0) is 24.6. The van der Waals surface area contributed by atoms with E-state index in [1.165, 1.54) is 29.4 Å². The van der Waals surface area contributed by atoms with Gasteiger partial charge in [0.2, 0.25) is 0 Å². The highest BCUT2D eigenvalue weighted by Crippen LogP contribution is 2.32. The summed E-state index contributed by atoms with van der Waals surface area (Å²) >= 11 is 0. The van der Waals surface area contributed by atoms with Crippen LogP contribution in [0.3, 0.4) is 0 Å². The molecule has 0 aromatic carbocycles. The van der Waals surface area contributed by atoms with Crippen LogP contribution in [0.1, 0.15) is 18.5 Å². The number of likely N-dealkylation sites (tertiary alicyclic amines) is 1. The van der Waals surface area contributed by atoms with Gasteiger partial charge in [0.05, 0.1) is 12.4 Å². The van der Waals surface area contributed by atoms with Crippen LogP contribution in [-0.4, -0.2) is 68.2 Å². The SMILES string of the molecule is N=C/C(=C\N)C1CC(CN2CCC2)CN(c2ccnc(-c3cnc4cnc(C(F)(F)F)cn34)n2)C1. The maximum Gasteiger partial charge on any atom is 0.434 e. The summed E-state index contributed by atoms with van der Waals surface area (Å²) in [5.74, 6) is 1.41. The quantitative estimate of drug-likeness (QED) is 0.517. The van der Waals surface area contributed by atoms with Crippen molar-refractivity contribution >= 4 is 17.7 Å². The summed E-state index contributed by atoms with van der Waals surface area (Å²) in [6.07, 6.45) is 5.44. The van der Waals surface area contributed by atoms with Crippen molar-refractivity contribution in [2.24, 2.45) is 17.6 Å². The number of aromatic nitrogens is 5. The Labute approximate surface area is 200 Å². The van der Waals surface area contributed by atoms with E-state index in [0.29, 0.717) is 24.0 Å². The second-order valence-electron chi connectivity index (χ2n) is 9.05. The first-order chi connectivity index (χ1) is 16.9. The molecule has 0 radical (unpaired) electrons. The first-order valence-corrected chi connectivity index (χ1v) is 11.5. The van der Waals surface area contributed by atoms with E-state index >= 15 is 0 Å². The van der Waals surface area contributed by atoms with Crippen molar-refractivity contribution in [1.82, 2.24) is 29.2 Å². The molecule has 35 heavy (non-hydrogen) atoms. The first kappa shape index (κ1) is 23.2. The predicted molar refractivity (Wildman–Crippen MR) is 125 cm³/mol. The molecule has 2 aliphatic heterocycles. The van der Waals surface area contributed by atoms with Crippen molar-refractivity contribution in [2.75, 3.05) is 37.6 Å². The Morgan fingerprint density at radius 2 is 2.00 bits per heavy atom. The highest BCUT2D eigenvalue weighted by Gasteiger charge is 2.34. The molecule has 0 saturated carbocycles. The fourth-order valence-corrected chi connectivity index (χ4v) is 4.85. The minimum atomic E-state index is -4.57. The highest BCUT2D eigenvalue weighted by atomic mass is 19.4. The van der Waals surface area contributed by atoms with E-state index in [4.69, 9.17) is 16.1 Å². The molecule has 184 valence electrons. The Bertz CT molecular complexity index is 1250. The summed E-state index contributed by atoms with van der Waals surface area (Å²) in [7, 11) is 0. The third-order valence-electron chi connectivity index (χ3n) is 6.71. The molecule has 2 saturated heterocycles. The summed E-state index contributed by atoms with van der Waals surface area (Å²) in [6.45, 7) is 4.61. The monoisotopic (exact) mass is 485 g/mol. The molecule has 2 aliphatic rings. The van der Waals surface area contributed by atoms with Crippen LogP contribution in [0.4, 0.5) is 19.0 Å². The average molecular weight is 486 g/mol. The zero-order valence-electron chi connectivity index (χ0n) is 19.0. The molecule has 0 bridgehead atoms. The highest BCUT2D eigenvalue weighted by molar-refractivity contribution is 5.76. The number of rotatable bonds is 6. The van der Waals surface area contributed by atoms with Crippen LogP contribution in [0.2, 0.25) is 0 Å². The van der Waals surface area contributed by atoms with Crippen molar-refractivity contribution in [3.05, 3.63) is 48.3 Å². The molecule has 3 aromatic heterocycles. The van der Waals surface area contributed by atoms with Crippen molar-refractivity contribution in [1.29, 1.82) is 5.41 Å². The van der Waals surface area contributed by atoms with Crippen LogP contribution >= 0.6 is 0 Å². The van der Waals surface area contributed by atoms with E-state index in [0.717, 1.165) is 50.6 Å². The molecule has 2 atom stereocenters. The summed E-state index contributed by atoms with van der Waals surface area (Å²) in [5, 5.41) is 7.77. The summed E-state index contributed by atoms with van der Waals surface area (Å²) < 4.78 is 41.0. The van der Waals surface area contributed by atoms with Gasteiger partial charge in [0.1, 0.15) is 11.5 Å². The van der Waals surface area contributed by atoms with E-state index in [-0.39, 0.29) is 17.4 Å². The summed E-state index contributed by atoms with van der Waals surface area (Å²) in [4.78, 5) is 21.2. The molecule has 3 aromatic rings. The lowest BCUT2D eigenvalue weighted by atomic mass is 9.84. The number of alkyl halides is 3. The molecule has 2 fully saturated rings. The molecular weight excluding hydrogens is 459 g/mol.